The Morgan fingerprint density at radius 2 is 2.29 bits per heavy atom. The van der Waals surface area contributed by atoms with Crippen LogP contribution in [0.2, 0.25) is 0 Å². The zero-order valence-electron chi connectivity index (χ0n) is 9.89. The minimum atomic E-state index is -0.701. The first-order valence-corrected chi connectivity index (χ1v) is 6.50. The van der Waals surface area contributed by atoms with Crippen molar-refractivity contribution in [1.29, 1.82) is 0 Å². The maximum absolute atomic E-state index is 11.1. The molecule has 0 aromatic carbocycles. The average Bonchev–Trinajstić information content (AvgIpc) is 2.83. The molecule has 1 aromatic rings. The van der Waals surface area contributed by atoms with Crippen LogP contribution in [-0.4, -0.2) is 29.1 Å². The molecule has 0 aliphatic carbocycles. The summed E-state index contributed by atoms with van der Waals surface area (Å²) in [7, 11) is 0. The number of carboxylic acid groups (broad SMARTS) is 1. The topological polar surface area (TPSA) is 53.7 Å². The number of halogens is 1. The normalized spacial score (nSPS) is 27.2. The second-order valence-corrected chi connectivity index (χ2v) is 5.48. The van der Waals surface area contributed by atoms with Crippen molar-refractivity contribution >= 4 is 21.9 Å². The van der Waals surface area contributed by atoms with Gasteiger partial charge in [-0.15, -0.1) is 0 Å². The van der Waals surface area contributed by atoms with Gasteiger partial charge in [0.15, 0.2) is 4.67 Å². The molecule has 1 aliphatic rings. The second kappa shape index (κ2) is 4.82. The Balaban J connectivity index is 2.07. The van der Waals surface area contributed by atoms with Crippen molar-refractivity contribution in [2.24, 2.45) is 11.8 Å². The fourth-order valence-electron chi connectivity index (χ4n) is 2.37. The Morgan fingerprint density at radius 1 is 1.59 bits per heavy atom. The second-order valence-electron chi connectivity index (χ2n) is 4.69. The zero-order valence-corrected chi connectivity index (χ0v) is 11.5. The van der Waals surface area contributed by atoms with E-state index in [-0.39, 0.29) is 17.9 Å². The number of furan rings is 1. The van der Waals surface area contributed by atoms with E-state index in [4.69, 9.17) is 9.52 Å². The van der Waals surface area contributed by atoms with Crippen LogP contribution < -0.4 is 0 Å². The molecule has 17 heavy (non-hydrogen) atoms. The van der Waals surface area contributed by atoms with Crippen LogP contribution in [0.5, 0.6) is 0 Å². The monoisotopic (exact) mass is 301 g/mol. The fraction of sp³-hybridized carbons (Fsp3) is 0.583. The van der Waals surface area contributed by atoms with Gasteiger partial charge in [-0.2, -0.15) is 0 Å². The first-order chi connectivity index (χ1) is 7.99. The molecule has 3 atom stereocenters. The highest BCUT2D eigenvalue weighted by Crippen LogP contribution is 2.32. The van der Waals surface area contributed by atoms with E-state index in [1.807, 2.05) is 26.0 Å². The molecule has 2 rings (SSSR count). The van der Waals surface area contributed by atoms with Crippen LogP contribution in [-0.2, 0) is 4.79 Å². The van der Waals surface area contributed by atoms with Crippen LogP contribution in [0.1, 0.15) is 25.6 Å². The summed E-state index contributed by atoms with van der Waals surface area (Å²) in [5, 5.41) is 9.10. The molecule has 0 radical (unpaired) electrons. The molecule has 0 saturated carbocycles. The molecule has 5 heteroatoms. The van der Waals surface area contributed by atoms with Crippen LogP contribution in [0.4, 0.5) is 0 Å². The van der Waals surface area contributed by atoms with Crippen LogP contribution in [0, 0.1) is 11.8 Å². The molecule has 2 heterocycles. The van der Waals surface area contributed by atoms with Gasteiger partial charge >= 0.3 is 5.97 Å². The molecule has 3 unspecified atom stereocenters. The van der Waals surface area contributed by atoms with Gasteiger partial charge in [0.25, 0.3) is 0 Å². The maximum Gasteiger partial charge on any atom is 0.308 e. The molecule has 1 fully saturated rings. The SMILES string of the molecule is CC1CN(C(C)c2ccc(Br)o2)CC1C(=O)O. The maximum atomic E-state index is 11.1. The van der Waals surface area contributed by atoms with Crippen LogP contribution in [0.25, 0.3) is 0 Å². The highest BCUT2D eigenvalue weighted by molar-refractivity contribution is 9.10. The number of hydrogen-bond donors (Lipinski definition) is 1. The first kappa shape index (κ1) is 12.6. The predicted octanol–water partition coefficient (Wildman–Crippen LogP) is 2.76. The molecule has 1 N–H and O–H groups in total. The molecule has 0 spiro atoms. The molecule has 0 amide bonds. The highest BCUT2D eigenvalue weighted by atomic mass is 79.9. The molecule has 4 nitrogen and oxygen atoms in total. The van der Waals surface area contributed by atoms with E-state index in [0.717, 1.165) is 12.3 Å². The summed E-state index contributed by atoms with van der Waals surface area (Å²) in [6, 6.07) is 3.90. The third-order valence-corrected chi connectivity index (χ3v) is 3.94. The van der Waals surface area contributed by atoms with Crippen molar-refractivity contribution in [2.45, 2.75) is 19.9 Å². The lowest BCUT2D eigenvalue weighted by molar-refractivity contribution is -0.142. The number of nitrogens with zero attached hydrogens (tertiary/aromatic N) is 1. The van der Waals surface area contributed by atoms with Gasteiger partial charge in [-0.05, 0) is 40.9 Å². The lowest BCUT2D eigenvalue weighted by Gasteiger charge is -2.22. The predicted molar refractivity (Wildman–Crippen MR) is 66.7 cm³/mol. The van der Waals surface area contributed by atoms with Gasteiger partial charge in [-0.3, -0.25) is 9.69 Å². The van der Waals surface area contributed by atoms with Gasteiger partial charge in [-0.25, -0.2) is 0 Å². The van der Waals surface area contributed by atoms with Crippen molar-refractivity contribution in [3.63, 3.8) is 0 Å². The molecule has 1 aromatic heterocycles. The summed E-state index contributed by atoms with van der Waals surface area (Å²) >= 11 is 3.28. The summed E-state index contributed by atoms with van der Waals surface area (Å²) in [6.07, 6.45) is 0. The largest absolute Gasteiger partial charge is 0.481 e. The number of carboxylic acids is 1. The van der Waals surface area contributed by atoms with Crippen LogP contribution >= 0.6 is 15.9 Å². The third-order valence-electron chi connectivity index (χ3n) is 3.51. The standard InChI is InChI=1S/C12H16BrNO3/c1-7-5-14(6-9(7)12(15)16)8(2)10-3-4-11(13)17-10/h3-4,7-9H,5-6H2,1-2H3,(H,15,16). The van der Waals surface area contributed by atoms with Crippen molar-refractivity contribution in [3.8, 4) is 0 Å². The number of likely N-dealkylation sites (tertiary alicyclic amines) is 1. The highest BCUT2D eigenvalue weighted by Gasteiger charge is 2.37. The van der Waals surface area contributed by atoms with E-state index in [9.17, 15) is 4.79 Å². The van der Waals surface area contributed by atoms with Gasteiger partial charge in [0.05, 0.1) is 12.0 Å². The van der Waals surface area contributed by atoms with Gasteiger partial charge in [0.1, 0.15) is 5.76 Å². The quantitative estimate of drug-likeness (QED) is 0.933. The van der Waals surface area contributed by atoms with E-state index >= 15 is 0 Å². The Hall–Kier alpha value is -0.810. The third kappa shape index (κ3) is 2.55. The van der Waals surface area contributed by atoms with E-state index < -0.39 is 5.97 Å². The van der Waals surface area contributed by atoms with Gasteiger partial charge in [0, 0.05) is 13.1 Å². The Bertz CT molecular complexity index is 418. The smallest absolute Gasteiger partial charge is 0.308 e. The fourth-order valence-corrected chi connectivity index (χ4v) is 2.69. The zero-order chi connectivity index (χ0) is 12.6. The molecule has 94 valence electrons. The molecule has 1 saturated heterocycles. The lowest BCUT2D eigenvalue weighted by Crippen LogP contribution is -2.26. The Kier molecular flexibility index (Phi) is 3.58. The minimum absolute atomic E-state index is 0.119. The van der Waals surface area contributed by atoms with Crippen molar-refractivity contribution in [3.05, 3.63) is 22.6 Å². The van der Waals surface area contributed by atoms with Crippen LogP contribution in [0.15, 0.2) is 21.2 Å². The molecule has 1 aliphatic heterocycles. The van der Waals surface area contributed by atoms with E-state index in [1.54, 1.807) is 0 Å². The number of aliphatic carboxylic acids is 1. The average molecular weight is 302 g/mol. The first-order valence-electron chi connectivity index (χ1n) is 5.71. The van der Waals surface area contributed by atoms with Crippen LogP contribution in [0.3, 0.4) is 0 Å². The van der Waals surface area contributed by atoms with Crippen molar-refractivity contribution < 1.29 is 14.3 Å². The van der Waals surface area contributed by atoms with E-state index in [2.05, 4.69) is 20.8 Å². The minimum Gasteiger partial charge on any atom is -0.481 e. The lowest BCUT2D eigenvalue weighted by atomic mass is 9.99. The Morgan fingerprint density at radius 3 is 2.76 bits per heavy atom. The van der Waals surface area contributed by atoms with Gasteiger partial charge in [0.2, 0.25) is 0 Å². The summed E-state index contributed by atoms with van der Waals surface area (Å²) in [4.78, 5) is 13.2. The van der Waals surface area contributed by atoms with Gasteiger partial charge < -0.3 is 9.52 Å². The number of rotatable bonds is 3. The van der Waals surface area contributed by atoms with E-state index in [1.165, 1.54) is 0 Å². The van der Waals surface area contributed by atoms with E-state index in [0.29, 0.717) is 11.2 Å². The molecule has 0 bridgehead atoms. The Labute approximate surface area is 109 Å². The summed E-state index contributed by atoms with van der Waals surface area (Å²) < 4.78 is 6.23. The molecular formula is C12H16BrNO3. The van der Waals surface area contributed by atoms with Crippen molar-refractivity contribution in [2.75, 3.05) is 13.1 Å². The summed E-state index contributed by atoms with van der Waals surface area (Å²) in [5.41, 5.74) is 0. The van der Waals surface area contributed by atoms with Gasteiger partial charge in [-0.1, -0.05) is 6.92 Å². The molecular weight excluding hydrogens is 286 g/mol. The number of hydrogen-bond acceptors (Lipinski definition) is 3. The van der Waals surface area contributed by atoms with Crippen molar-refractivity contribution in [1.82, 2.24) is 4.90 Å². The summed E-state index contributed by atoms with van der Waals surface area (Å²) in [5.74, 6) is 0.0899. The summed E-state index contributed by atoms with van der Waals surface area (Å²) in [6.45, 7) is 5.43. The number of carbonyl (C=O) groups is 1.